The molecule has 1 atom stereocenters. The summed E-state index contributed by atoms with van der Waals surface area (Å²) in [6, 6.07) is 7.27. The first kappa shape index (κ1) is 22.8. The van der Waals surface area contributed by atoms with Crippen LogP contribution in [0.1, 0.15) is 40.9 Å². The second-order valence-corrected chi connectivity index (χ2v) is 7.59. The van der Waals surface area contributed by atoms with E-state index < -0.39 is 11.8 Å². The fourth-order valence-electron chi connectivity index (χ4n) is 3.43. The van der Waals surface area contributed by atoms with Gasteiger partial charge in [-0.05, 0) is 36.8 Å². The summed E-state index contributed by atoms with van der Waals surface area (Å²) in [5, 5.41) is 9.04. The molecule has 7 nitrogen and oxygen atoms in total. The first-order valence-corrected chi connectivity index (χ1v) is 10.1. The topological polar surface area (TPSA) is 79.3 Å². The maximum atomic E-state index is 15.2. The number of hydrogen-bond acceptors (Lipinski definition) is 5. The Morgan fingerprint density at radius 2 is 2.03 bits per heavy atom. The Labute approximate surface area is 184 Å². The van der Waals surface area contributed by atoms with E-state index in [2.05, 4.69) is 0 Å². The number of nitrogens with zero attached hydrogens (tertiary/aromatic N) is 2. The minimum absolute atomic E-state index is 0.0115. The lowest BCUT2D eigenvalue weighted by atomic mass is 9.98. The van der Waals surface area contributed by atoms with E-state index in [4.69, 9.17) is 26.2 Å². The van der Waals surface area contributed by atoms with Crippen molar-refractivity contribution < 1.29 is 28.6 Å². The Morgan fingerprint density at radius 1 is 1.29 bits per heavy atom. The van der Waals surface area contributed by atoms with E-state index in [0.717, 1.165) is 5.56 Å². The van der Waals surface area contributed by atoms with Crippen molar-refractivity contribution in [1.29, 1.82) is 0 Å². The molecule has 1 N–H and O–H groups in total. The van der Waals surface area contributed by atoms with Crippen LogP contribution in [0, 0.1) is 5.82 Å². The normalized spacial score (nSPS) is 15.7. The van der Waals surface area contributed by atoms with Crippen LogP contribution >= 0.6 is 11.6 Å². The Bertz CT molecular complexity index is 1000. The van der Waals surface area contributed by atoms with Crippen molar-refractivity contribution in [3.8, 4) is 5.75 Å². The number of amides is 2. The van der Waals surface area contributed by atoms with Crippen LogP contribution in [-0.4, -0.2) is 49.4 Å². The SMILES string of the molecule is COC(=O)c1ccc2c(c1)N(Cc1c(Cl)ccc(OCCCO)c1F)C(=O)N(C)C2C. The Morgan fingerprint density at radius 3 is 2.71 bits per heavy atom. The van der Waals surface area contributed by atoms with Crippen molar-refractivity contribution in [3.05, 3.63) is 57.9 Å². The van der Waals surface area contributed by atoms with Crippen LogP contribution in [0.15, 0.2) is 30.3 Å². The molecule has 1 unspecified atom stereocenters. The molecule has 2 amide bonds. The van der Waals surface area contributed by atoms with E-state index in [1.807, 2.05) is 6.92 Å². The molecule has 1 heterocycles. The third-order valence-electron chi connectivity index (χ3n) is 5.33. The van der Waals surface area contributed by atoms with Crippen molar-refractivity contribution in [1.82, 2.24) is 4.90 Å². The molecule has 1 aliphatic rings. The number of halogens is 2. The number of carbonyl (C=O) groups is 2. The van der Waals surface area contributed by atoms with Gasteiger partial charge < -0.3 is 19.5 Å². The van der Waals surface area contributed by atoms with E-state index in [1.165, 1.54) is 29.0 Å². The fraction of sp³-hybridized carbons (Fsp3) is 0.364. The van der Waals surface area contributed by atoms with Gasteiger partial charge in [0.1, 0.15) is 0 Å². The highest BCUT2D eigenvalue weighted by atomic mass is 35.5. The number of ether oxygens (including phenoxy) is 2. The first-order chi connectivity index (χ1) is 14.8. The van der Waals surface area contributed by atoms with Gasteiger partial charge in [-0.15, -0.1) is 0 Å². The summed E-state index contributed by atoms with van der Waals surface area (Å²) in [6.07, 6.45) is 0.356. The predicted molar refractivity (Wildman–Crippen MR) is 114 cm³/mol. The molecule has 0 saturated heterocycles. The van der Waals surface area contributed by atoms with E-state index >= 15 is 4.39 Å². The van der Waals surface area contributed by atoms with Gasteiger partial charge in [0.05, 0.1) is 37.6 Å². The summed E-state index contributed by atoms with van der Waals surface area (Å²) in [5.41, 5.74) is 1.67. The summed E-state index contributed by atoms with van der Waals surface area (Å²) in [5.74, 6) is -1.22. The molecule has 1 aliphatic heterocycles. The molecule has 0 aromatic heterocycles. The van der Waals surface area contributed by atoms with Gasteiger partial charge >= 0.3 is 12.0 Å². The van der Waals surface area contributed by atoms with Crippen molar-refractivity contribution >= 4 is 29.3 Å². The third-order valence-corrected chi connectivity index (χ3v) is 5.69. The molecule has 3 rings (SSSR count). The summed E-state index contributed by atoms with van der Waals surface area (Å²) >= 11 is 6.26. The van der Waals surface area contributed by atoms with Crippen LogP contribution < -0.4 is 9.64 Å². The maximum absolute atomic E-state index is 15.2. The molecular formula is C22H24ClFN2O5. The number of benzene rings is 2. The molecule has 0 bridgehead atoms. The molecule has 2 aromatic carbocycles. The molecule has 0 fully saturated rings. The fourth-order valence-corrected chi connectivity index (χ4v) is 3.64. The van der Waals surface area contributed by atoms with Crippen molar-refractivity contribution in [2.45, 2.75) is 25.9 Å². The minimum Gasteiger partial charge on any atom is -0.490 e. The van der Waals surface area contributed by atoms with Gasteiger partial charge in [-0.2, -0.15) is 0 Å². The zero-order valence-electron chi connectivity index (χ0n) is 17.5. The summed E-state index contributed by atoms with van der Waals surface area (Å²) in [4.78, 5) is 28.0. The second-order valence-electron chi connectivity index (χ2n) is 7.18. The molecule has 2 aromatic rings. The second kappa shape index (κ2) is 9.53. The van der Waals surface area contributed by atoms with E-state index in [9.17, 15) is 9.59 Å². The lowest BCUT2D eigenvalue weighted by Gasteiger charge is -2.39. The quantitative estimate of drug-likeness (QED) is 0.506. The van der Waals surface area contributed by atoms with Gasteiger partial charge in [0.15, 0.2) is 11.6 Å². The molecule has 0 aliphatic carbocycles. The molecule has 0 saturated carbocycles. The average molecular weight is 451 g/mol. The monoisotopic (exact) mass is 450 g/mol. The first-order valence-electron chi connectivity index (χ1n) is 9.77. The average Bonchev–Trinajstić information content (AvgIpc) is 2.77. The summed E-state index contributed by atoms with van der Waals surface area (Å²) < 4.78 is 25.3. The van der Waals surface area contributed by atoms with Gasteiger partial charge in [0.25, 0.3) is 0 Å². The van der Waals surface area contributed by atoms with Crippen LogP contribution in [0.2, 0.25) is 5.02 Å². The molecular weight excluding hydrogens is 427 g/mol. The maximum Gasteiger partial charge on any atom is 0.337 e. The van der Waals surface area contributed by atoms with Crippen LogP contribution in [0.4, 0.5) is 14.9 Å². The number of anilines is 1. The Kier molecular flexibility index (Phi) is 7.02. The third kappa shape index (κ3) is 4.45. The largest absolute Gasteiger partial charge is 0.490 e. The van der Waals surface area contributed by atoms with Crippen molar-refractivity contribution in [3.63, 3.8) is 0 Å². The smallest absolute Gasteiger partial charge is 0.337 e. The Balaban J connectivity index is 2.03. The molecule has 0 spiro atoms. The number of aliphatic hydroxyl groups is 1. The van der Waals surface area contributed by atoms with E-state index in [0.29, 0.717) is 12.1 Å². The number of methoxy groups -OCH3 is 1. The minimum atomic E-state index is -0.676. The Hall–Kier alpha value is -2.84. The highest BCUT2D eigenvalue weighted by molar-refractivity contribution is 6.31. The van der Waals surface area contributed by atoms with E-state index in [-0.39, 0.29) is 53.7 Å². The number of urea groups is 1. The molecule has 9 heteroatoms. The number of fused-ring (bicyclic) bond motifs is 1. The summed E-state index contributed by atoms with van der Waals surface area (Å²) in [6.45, 7) is 1.78. The van der Waals surface area contributed by atoms with Crippen LogP contribution in [-0.2, 0) is 11.3 Å². The number of hydrogen-bond donors (Lipinski definition) is 1. The zero-order chi connectivity index (χ0) is 22.7. The van der Waals surface area contributed by atoms with Gasteiger partial charge in [-0.25, -0.2) is 14.0 Å². The summed E-state index contributed by atoms with van der Waals surface area (Å²) in [7, 11) is 2.93. The molecule has 0 radical (unpaired) electrons. The van der Waals surface area contributed by atoms with Gasteiger partial charge in [-0.1, -0.05) is 17.7 Å². The van der Waals surface area contributed by atoms with Gasteiger partial charge in [0.2, 0.25) is 0 Å². The zero-order valence-corrected chi connectivity index (χ0v) is 18.3. The van der Waals surface area contributed by atoms with Crippen LogP contribution in [0.5, 0.6) is 5.75 Å². The number of aliphatic hydroxyl groups excluding tert-OH is 1. The predicted octanol–water partition coefficient (Wildman–Crippen LogP) is 4.16. The standard InChI is InChI=1S/C22H24ClFN2O5/c1-13-15-6-5-14(21(28)30-3)11-18(15)26(22(29)25(13)2)12-16-17(23)7-8-19(20(16)24)31-10-4-9-27/h5-8,11,13,27H,4,9-10,12H2,1-3H3. The highest BCUT2D eigenvalue weighted by Crippen LogP contribution is 2.39. The van der Waals surface area contributed by atoms with Crippen LogP contribution in [0.25, 0.3) is 0 Å². The van der Waals surface area contributed by atoms with E-state index in [1.54, 1.807) is 25.2 Å². The number of carbonyl (C=O) groups excluding carboxylic acids is 2. The lowest BCUT2D eigenvalue weighted by molar-refractivity contribution is 0.0600. The van der Waals surface area contributed by atoms with Crippen molar-refractivity contribution in [2.75, 3.05) is 32.3 Å². The number of rotatable bonds is 7. The lowest BCUT2D eigenvalue weighted by Crippen LogP contribution is -2.46. The van der Waals surface area contributed by atoms with Gasteiger partial charge in [-0.3, -0.25) is 4.90 Å². The number of esters is 1. The molecule has 166 valence electrons. The van der Waals surface area contributed by atoms with Crippen molar-refractivity contribution in [2.24, 2.45) is 0 Å². The molecule has 31 heavy (non-hydrogen) atoms. The van der Waals surface area contributed by atoms with Crippen LogP contribution in [0.3, 0.4) is 0 Å². The van der Waals surface area contributed by atoms with Gasteiger partial charge in [0, 0.05) is 30.7 Å². The highest BCUT2D eigenvalue weighted by Gasteiger charge is 2.34.